The Morgan fingerprint density at radius 3 is 2.38 bits per heavy atom. The van der Waals surface area contributed by atoms with E-state index in [1.54, 1.807) is 12.4 Å². The molecule has 7 heteroatoms. The van der Waals surface area contributed by atoms with Crippen LogP contribution in [0.15, 0.2) is 48.8 Å². The number of nitrogens with zero attached hydrogens (tertiary/aromatic N) is 5. The number of ketones is 1. The molecule has 0 aliphatic carbocycles. The summed E-state index contributed by atoms with van der Waals surface area (Å²) in [5.41, 5.74) is 0.742. The highest BCUT2D eigenvalue weighted by Gasteiger charge is 2.30. The molecule has 3 heterocycles. The van der Waals surface area contributed by atoms with Gasteiger partial charge in [-0.3, -0.25) is 14.5 Å². The molecule has 2 saturated heterocycles. The first-order chi connectivity index (χ1) is 14.2. The van der Waals surface area contributed by atoms with Gasteiger partial charge in [0.15, 0.2) is 5.78 Å². The third-order valence-corrected chi connectivity index (χ3v) is 5.77. The standard InChI is InChI=1S/C22H27N5O2/c28-20(17-25-12-14-26(15-13-25)22-23-9-5-10-24-22)27-11-4-8-19(16-27)21(29)18-6-2-1-3-7-18/h1-3,5-7,9-10,19H,4,8,11-17H2/t19-/m0/s1. The van der Waals surface area contributed by atoms with E-state index in [1.165, 1.54) is 0 Å². The zero-order valence-corrected chi connectivity index (χ0v) is 16.6. The van der Waals surface area contributed by atoms with Crippen LogP contribution in [0.3, 0.4) is 0 Å². The van der Waals surface area contributed by atoms with Gasteiger partial charge >= 0.3 is 0 Å². The topological polar surface area (TPSA) is 69.6 Å². The molecular weight excluding hydrogens is 366 g/mol. The molecule has 0 bridgehead atoms. The van der Waals surface area contributed by atoms with Crippen molar-refractivity contribution in [2.45, 2.75) is 12.8 Å². The quantitative estimate of drug-likeness (QED) is 0.721. The second kappa shape index (κ2) is 9.13. The molecule has 7 nitrogen and oxygen atoms in total. The third-order valence-electron chi connectivity index (χ3n) is 5.77. The van der Waals surface area contributed by atoms with Crippen LogP contribution in [0, 0.1) is 5.92 Å². The molecule has 2 aliphatic heterocycles. The molecular formula is C22H27N5O2. The third kappa shape index (κ3) is 4.79. The molecule has 1 amide bonds. The molecule has 1 aromatic heterocycles. The maximum absolute atomic E-state index is 12.9. The van der Waals surface area contributed by atoms with E-state index in [0.717, 1.165) is 57.1 Å². The number of rotatable bonds is 5. The normalized spacial score (nSPS) is 20.5. The van der Waals surface area contributed by atoms with Gasteiger partial charge in [0.25, 0.3) is 0 Å². The SMILES string of the molecule is O=C(c1ccccc1)[C@H]1CCCN(C(=O)CN2CCN(c3ncccn3)CC2)C1. The number of carbonyl (C=O) groups excluding carboxylic acids is 2. The van der Waals surface area contributed by atoms with Gasteiger partial charge in [-0.25, -0.2) is 9.97 Å². The van der Waals surface area contributed by atoms with Crippen molar-refractivity contribution in [3.05, 3.63) is 54.4 Å². The number of hydrogen-bond donors (Lipinski definition) is 0. The van der Waals surface area contributed by atoms with Gasteiger partial charge in [0.05, 0.1) is 6.54 Å². The van der Waals surface area contributed by atoms with Gasteiger partial charge in [-0.15, -0.1) is 0 Å². The van der Waals surface area contributed by atoms with Crippen molar-refractivity contribution in [1.82, 2.24) is 19.8 Å². The summed E-state index contributed by atoms with van der Waals surface area (Å²) in [6.45, 7) is 4.93. The van der Waals surface area contributed by atoms with E-state index in [-0.39, 0.29) is 17.6 Å². The smallest absolute Gasteiger partial charge is 0.236 e. The number of Topliss-reactive ketones (excluding diaryl/α,β-unsaturated/α-hetero) is 1. The highest BCUT2D eigenvalue weighted by Crippen LogP contribution is 2.21. The fraction of sp³-hybridized carbons (Fsp3) is 0.455. The van der Waals surface area contributed by atoms with Crippen LogP contribution >= 0.6 is 0 Å². The summed E-state index contributed by atoms with van der Waals surface area (Å²) < 4.78 is 0. The number of amides is 1. The number of aromatic nitrogens is 2. The predicted octanol–water partition coefficient (Wildman–Crippen LogP) is 1.72. The molecule has 1 aromatic carbocycles. The molecule has 1 atom stereocenters. The molecule has 2 fully saturated rings. The van der Waals surface area contributed by atoms with Gasteiger partial charge < -0.3 is 9.80 Å². The molecule has 152 valence electrons. The van der Waals surface area contributed by atoms with Crippen LogP contribution in [0.1, 0.15) is 23.2 Å². The Morgan fingerprint density at radius 2 is 1.66 bits per heavy atom. The minimum absolute atomic E-state index is 0.0952. The number of carbonyl (C=O) groups is 2. The number of hydrogen-bond acceptors (Lipinski definition) is 6. The zero-order valence-electron chi connectivity index (χ0n) is 16.6. The van der Waals surface area contributed by atoms with Crippen molar-refractivity contribution < 1.29 is 9.59 Å². The molecule has 4 rings (SSSR count). The maximum Gasteiger partial charge on any atom is 0.236 e. The average Bonchev–Trinajstić information content (AvgIpc) is 2.80. The Hall–Kier alpha value is -2.80. The molecule has 0 unspecified atom stereocenters. The molecule has 0 radical (unpaired) electrons. The van der Waals surface area contributed by atoms with E-state index in [2.05, 4.69) is 19.8 Å². The lowest BCUT2D eigenvalue weighted by Gasteiger charge is -2.37. The van der Waals surface area contributed by atoms with E-state index >= 15 is 0 Å². The Balaban J connectivity index is 1.28. The lowest BCUT2D eigenvalue weighted by molar-refractivity contribution is -0.133. The first-order valence-corrected chi connectivity index (χ1v) is 10.3. The number of piperazine rings is 1. The number of anilines is 1. The van der Waals surface area contributed by atoms with E-state index in [4.69, 9.17) is 0 Å². The Bertz CT molecular complexity index is 822. The summed E-state index contributed by atoms with van der Waals surface area (Å²) in [4.78, 5) is 40.4. The van der Waals surface area contributed by atoms with Crippen LogP contribution in [0.25, 0.3) is 0 Å². The summed E-state index contributed by atoms with van der Waals surface area (Å²) in [7, 11) is 0. The van der Waals surface area contributed by atoms with Gasteiger partial charge in [0.2, 0.25) is 11.9 Å². The summed E-state index contributed by atoms with van der Waals surface area (Å²) in [6, 6.07) is 11.2. The van der Waals surface area contributed by atoms with Crippen LogP contribution in [0.2, 0.25) is 0 Å². The first-order valence-electron chi connectivity index (χ1n) is 10.3. The van der Waals surface area contributed by atoms with Gasteiger partial charge in [-0.05, 0) is 18.9 Å². The van der Waals surface area contributed by atoms with Crippen LogP contribution in [0.5, 0.6) is 0 Å². The van der Waals surface area contributed by atoms with Gasteiger partial charge in [0, 0.05) is 63.1 Å². The van der Waals surface area contributed by atoms with Crippen molar-refractivity contribution >= 4 is 17.6 Å². The number of piperidine rings is 1. The maximum atomic E-state index is 12.9. The first kappa shape index (κ1) is 19.5. The molecule has 2 aliphatic rings. The number of likely N-dealkylation sites (tertiary alicyclic amines) is 1. The summed E-state index contributed by atoms with van der Waals surface area (Å²) in [5, 5.41) is 0. The summed E-state index contributed by atoms with van der Waals surface area (Å²) in [6.07, 6.45) is 5.24. The summed E-state index contributed by atoms with van der Waals surface area (Å²) >= 11 is 0. The van der Waals surface area contributed by atoms with Gasteiger partial charge in [-0.1, -0.05) is 30.3 Å². The van der Waals surface area contributed by atoms with Crippen molar-refractivity contribution in [2.75, 3.05) is 50.7 Å². The van der Waals surface area contributed by atoms with Crippen LogP contribution in [-0.4, -0.2) is 77.3 Å². The van der Waals surface area contributed by atoms with Crippen molar-refractivity contribution in [3.8, 4) is 0 Å². The number of benzene rings is 1. The van der Waals surface area contributed by atoms with E-state index < -0.39 is 0 Å². The van der Waals surface area contributed by atoms with E-state index in [9.17, 15) is 9.59 Å². The second-order valence-corrected chi connectivity index (χ2v) is 7.72. The Kier molecular flexibility index (Phi) is 6.14. The van der Waals surface area contributed by atoms with Crippen molar-refractivity contribution in [3.63, 3.8) is 0 Å². The fourth-order valence-corrected chi connectivity index (χ4v) is 4.11. The largest absolute Gasteiger partial charge is 0.341 e. The molecule has 0 spiro atoms. The van der Waals surface area contributed by atoms with Crippen molar-refractivity contribution in [1.29, 1.82) is 0 Å². The average molecular weight is 393 g/mol. The summed E-state index contributed by atoms with van der Waals surface area (Å²) in [5.74, 6) is 0.929. The molecule has 2 aromatic rings. The van der Waals surface area contributed by atoms with E-state index in [1.807, 2.05) is 41.3 Å². The zero-order chi connectivity index (χ0) is 20.1. The lowest BCUT2D eigenvalue weighted by Crippen LogP contribution is -2.52. The van der Waals surface area contributed by atoms with Gasteiger partial charge in [-0.2, -0.15) is 0 Å². The minimum atomic E-state index is -0.0952. The van der Waals surface area contributed by atoms with Gasteiger partial charge in [0.1, 0.15) is 0 Å². The highest BCUT2D eigenvalue weighted by molar-refractivity contribution is 5.98. The fourth-order valence-electron chi connectivity index (χ4n) is 4.11. The van der Waals surface area contributed by atoms with Crippen LogP contribution < -0.4 is 4.90 Å². The minimum Gasteiger partial charge on any atom is -0.341 e. The highest BCUT2D eigenvalue weighted by atomic mass is 16.2. The van der Waals surface area contributed by atoms with Crippen LogP contribution in [0.4, 0.5) is 5.95 Å². The van der Waals surface area contributed by atoms with Crippen LogP contribution in [-0.2, 0) is 4.79 Å². The van der Waals surface area contributed by atoms with Crippen molar-refractivity contribution in [2.24, 2.45) is 5.92 Å². The van der Waals surface area contributed by atoms with E-state index in [0.29, 0.717) is 13.1 Å². The Labute approximate surface area is 171 Å². The molecule has 0 saturated carbocycles. The Morgan fingerprint density at radius 1 is 0.931 bits per heavy atom. The molecule has 0 N–H and O–H groups in total. The monoisotopic (exact) mass is 393 g/mol. The molecule has 29 heavy (non-hydrogen) atoms. The predicted molar refractivity (Wildman–Crippen MR) is 111 cm³/mol. The lowest BCUT2D eigenvalue weighted by atomic mass is 9.90. The second-order valence-electron chi connectivity index (χ2n) is 7.72.